The lowest BCUT2D eigenvalue weighted by atomic mass is 10.1. The van der Waals surface area contributed by atoms with E-state index in [2.05, 4.69) is 10.3 Å². The Morgan fingerprint density at radius 2 is 2.00 bits per heavy atom. The highest BCUT2D eigenvalue weighted by molar-refractivity contribution is 5.96. The van der Waals surface area contributed by atoms with Gasteiger partial charge in [0.1, 0.15) is 5.76 Å². The maximum absolute atomic E-state index is 12.2. The quantitative estimate of drug-likeness (QED) is 0.836. The number of ether oxygens (including phenoxy) is 2. The van der Waals surface area contributed by atoms with Gasteiger partial charge >= 0.3 is 5.97 Å². The van der Waals surface area contributed by atoms with Crippen LogP contribution in [-0.4, -0.2) is 30.1 Å². The molecule has 1 amide bonds. The number of H-pyrrole nitrogens is 1. The maximum atomic E-state index is 12.2. The summed E-state index contributed by atoms with van der Waals surface area (Å²) in [6.07, 6.45) is 2.94. The lowest BCUT2D eigenvalue weighted by Crippen LogP contribution is -2.14. The van der Waals surface area contributed by atoms with E-state index in [1.807, 2.05) is 27.7 Å². The summed E-state index contributed by atoms with van der Waals surface area (Å²) >= 11 is 0. The third kappa shape index (κ3) is 3.05. The van der Waals surface area contributed by atoms with Crippen LogP contribution in [0.4, 0.5) is 0 Å². The Kier molecular flexibility index (Phi) is 4.40. The van der Waals surface area contributed by atoms with Crippen LogP contribution in [0.25, 0.3) is 6.08 Å². The summed E-state index contributed by atoms with van der Waals surface area (Å²) in [6, 6.07) is 0. The minimum absolute atomic E-state index is 0.180. The van der Waals surface area contributed by atoms with Gasteiger partial charge in [-0.05, 0) is 39.3 Å². The van der Waals surface area contributed by atoms with Gasteiger partial charge in [0.05, 0.1) is 24.5 Å². The number of aromatic nitrogens is 1. The summed E-state index contributed by atoms with van der Waals surface area (Å²) < 4.78 is 10.4. The number of carbonyl (C=O) groups excluding carboxylic acids is 2. The Bertz CT molecular complexity index is 681. The largest absolute Gasteiger partial charge is 0.494 e. The molecule has 0 spiro atoms. The molecule has 0 saturated carbocycles. The van der Waals surface area contributed by atoms with Crippen molar-refractivity contribution >= 4 is 18.0 Å². The molecule has 0 aliphatic carbocycles. The van der Waals surface area contributed by atoms with Crippen LogP contribution < -0.4 is 5.32 Å². The highest BCUT2D eigenvalue weighted by atomic mass is 16.5. The van der Waals surface area contributed by atoms with Gasteiger partial charge < -0.3 is 19.8 Å². The monoisotopic (exact) mass is 304 g/mol. The first-order valence-corrected chi connectivity index (χ1v) is 7.02. The predicted octanol–water partition coefficient (Wildman–Crippen LogP) is 2.20. The minimum Gasteiger partial charge on any atom is -0.494 e. The zero-order valence-electron chi connectivity index (χ0n) is 13.4. The van der Waals surface area contributed by atoms with Crippen LogP contribution >= 0.6 is 0 Å². The number of hydrogen-bond acceptors (Lipinski definition) is 4. The molecule has 6 nitrogen and oxygen atoms in total. The molecule has 0 atom stereocenters. The van der Waals surface area contributed by atoms with Gasteiger partial charge in [0.15, 0.2) is 0 Å². The topological polar surface area (TPSA) is 80.4 Å². The summed E-state index contributed by atoms with van der Waals surface area (Å²) in [6.45, 7) is 7.26. The van der Waals surface area contributed by atoms with E-state index >= 15 is 0 Å². The maximum Gasteiger partial charge on any atom is 0.340 e. The van der Waals surface area contributed by atoms with E-state index in [1.165, 1.54) is 13.2 Å². The van der Waals surface area contributed by atoms with Gasteiger partial charge in [0, 0.05) is 17.5 Å². The van der Waals surface area contributed by atoms with Crippen molar-refractivity contribution in [3.8, 4) is 0 Å². The fourth-order valence-corrected chi connectivity index (χ4v) is 2.35. The highest BCUT2D eigenvalue weighted by Gasteiger charge is 2.22. The van der Waals surface area contributed by atoms with Gasteiger partial charge in [-0.25, -0.2) is 4.79 Å². The van der Waals surface area contributed by atoms with Crippen LogP contribution in [0.1, 0.15) is 41.2 Å². The molecule has 1 aromatic heterocycles. The molecular formula is C16H20N2O4. The third-order valence-corrected chi connectivity index (χ3v) is 3.32. The number of rotatable bonds is 4. The van der Waals surface area contributed by atoms with E-state index in [0.717, 1.165) is 17.0 Å². The van der Waals surface area contributed by atoms with Crippen molar-refractivity contribution in [1.29, 1.82) is 0 Å². The molecule has 1 aliphatic heterocycles. The molecule has 22 heavy (non-hydrogen) atoms. The van der Waals surface area contributed by atoms with Gasteiger partial charge in [-0.2, -0.15) is 0 Å². The molecule has 2 heterocycles. The molecule has 0 bridgehead atoms. The number of amides is 1. The SMILES string of the molecule is COC1=CC(=O)N/C1=C\c1[nH]c(C)c(C(=O)OC(C)C)c1C. The second-order valence-electron chi connectivity index (χ2n) is 5.38. The average molecular weight is 304 g/mol. The van der Waals surface area contributed by atoms with Gasteiger partial charge in [-0.3, -0.25) is 4.79 Å². The number of methoxy groups -OCH3 is 1. The van der Waals surface area contributed by atoms with E-state index in [-0.39, 0.29) is 18.0 Å². The van der Waals surface area contributed by atoms with E-state index in [1.54, 1.807) is 6.08 Å². The minimum atomic E-state index is -0.358. The van der Waals surface area contributed by atoms with Crippen molar-refractivity contribution in [3.05, 3.63) is 40.0 Å². The van der Waals surface area contributed by atoms with E-state index in [4.69, 9.17) is 9.47 Å². The molecule has 0 fully saturated rings. The van der Waals surface area contributed by atoms with Gasteiger partial charge in [0.25, 0.3) is 5.91 Å². The molecule has 0 saturated heterocycles. The summed E-state index contributed by atoms with van der Waals surface area (Å²) in [5.41, 5.74) is 3.30. The van der Waals surface area contributed by atoms with Crippen molar-refractivity contribution in [2.75, 3.05) is 7.11 Å². The molecular weight excluding hydrogens is 284 g/mol. The second-order valence-corrected chi connectivity index (χ2v) is 5.38. The molecule has 2 rings (SSSR count). The Hall–Kier alpha value is -2.50. The summed E-state index contributed by atoms with van der Waals surface area (Å²) in [5, 5.41) is 2.69. The van der Waals surface area contributed by atoms with Crippen LogP contribution in [0.5, 0.6) is 0 Å². The zero-order valence-corrected chi connectivity index (χ0v) is 13.4. The molecule has 0 aromatic carbocycles. The normalized spacial score (nSPS) is 16.0. The lowest BCUT2D eigenvalue weighted by molar-refractivity contribution is -0.115. The number of nitrogens with one attached hydrogen (secondary N) is 2. The highest BCUT2D eigenvalue weighted by Crippen LogP contribution is 2.24. The van der Waals surface area contributed by atoms with Gasteiger partial charge in [-0.1, -0.05) is 0 Å². The first kappa shape index (κ1) is 15.9. The van der Waals surface area contributed by atoms with Crippen molar-refractivity contribution in [2.45, 2.75) is 33.8 Å². The molecule has 2 N–H and O–H groups in total. The van der Waals surface area contributed by atoms with Gasteiger partial charge in [-0.15, -0.1) is 0 Å². The number of esters is 1. The molecule has 6 heteroatoms. The number of aromatic amines is 1. The first-order chi connectivity index (χ1) is 10.3. The van der Waals surface area contributed by atoms with E-state index < -0.39 is 0 Å². The van der Waals surface area contributed by atoms with Crippen molar-refractivity contribution in [3.63, 3.8) is 0 Å². The van der Waals surface area contributed by atoms with Crippen LogP contribution in [0.3, 0.4) is 0 Å². The number of hydrogen-bond donors (Lipinski definition) is 2. The van der Waals surface area contributed by atoms with E-state index in [0.29, 0.717) is 17.0 Å². The lowest BCUT2D eigenvalue weighted by Gasteiger charge is -2.08. The number of carbonyl (C=O) groups is 2. The van der Waals surface area contributed by atoms with Crippen LogP contribution in [0.2, 0.25) is 0 Å². The molecule has 0 radical (unpaired) electrons. The van der Waals surface area contributed by atoms with E-state index in [9.17, 15) is 9.59 Å². The molecule has 0 unspecified atom stereocenters. The zero-order chi connectivity index (χ0) is 16.4. The van der Waals surface area contributed by atoms with Crippen LogP contribution in [-0.2, 0) is 14.3 Å². The first-order valence-electron chi connectivity index (χ1n) is 7.02. The second kappa shape index (κ2) is 6.09. The standard InChI is InChI=1S/C16H20N2O4/c1-8(2)22-16(20)15-9(3)11(17-10(15)4)6-12-13(21-5)7-14(19)18-12/h6-8,17H,1-5H3,(H,18,19)/b12-6-. The predicted molar refractivity (Wildman–Crippen MR) is 82.0 cm³/mol. The van der Waals surface area contributed by atoms with Crippen molar-refractivity contribution in [1.82, 2.24) is 10.3 Å². The average Bonchev–Trinajstić information content (AvgIpc) is 2.89. The molecule has 1 aromatic rings. The summed E-state index contributed by atoms with van der Waals surface area (Å²) in [5.74, 6) is -0.129. The van der Waals surface area contributed by atoms with Crippen LogP contribution in [0.15, 0.2) is 17.5 Å². The van der Waals surface area contributed by atoms with Crippen molar-refractivity contribution < 1.29 is 19.1 Å². The van der Waals surface area contributed by atoms with Crippen molar-refractivity contribution in [2.24, 2.45) is 0 Å². The Morgan fingerprint density at radius 3 is 2.59 bits per heavy atom. The summed E-state index contributed by atoms with van der Waals surface area (Å²) in [4.78, 5) is 26.7. The fraction of sp³-hybridized carbons (Fsp3) is 0.375. The smallest absolute Gasteiger partial charge is 0.340 e. The number of aryl methyl sites for hydroxylation is 1. The third-order valence-electron chi connectivity index (χ3n) is 3.32. The Morgan fingerprint density at radius 1 is 1.32 bits per heavy atom. The van der Waals surface area contributed by atoms with Gasteiger partial charge in [0.2, 0.25) is 0 Å². The van der Waals surface area contributed by atoms with Crippen LogP contribution in [0, 0.1) is 13.8 Å². The Labute approximate surface area is 129 Å². The molecule has 1 aliphatic rings. The fourth-order valence-electron chi connectivity index (χ4n) is 2.35. The summed E-state index contributed by atoms with van der Waals surface area (Å²) in [7, 11) is 1.50. The molecule has 118 valence electrons. The Balaban J connectivity index is 2.37.